The van der Waals surface area contributed by atoms with E-state index in [2.05, 4.69) is 4.98 Å². The molecule has 1 N–H and O–H groups in total. The topological polar surface area (TPSA) is 76.5 Å². The van der Waals surface area contributed by atoms with Gasteiger partial charge in [-0.25, -0.2) is 9.78 Å². The lowest BCUT2D eigenvalue weighted by atomic mass is 10.2. The molecule has 1 aliphatic carbocycles. The largest absolute Gasteiger partial charge is 0.487 e. The molecule has 78 valence electrons. The molecular weight excluding hydrogens is 198 g/mol. The number of aromatic carboxylic acids is 1. The monoisotopic (exact) mass is 207 g/mol. The van der Waals surface area contributed by atoms with E-state index in [1.165, 1.54) is 12.3 Å². The lowest BCUT2D eigenvalue weighted by molar-refractivity contribution is 0.0691. The summed E-state index contributed by atoms with van der Waals surface area (Å²) in [5.41, 5.74) is 0.0285. The zero-order valence-corrected chi connectivity index (χ0v) is 7.84. The van der Waals surface area contributed by atoms with E-state index in [4.69, 9.17) is 9.84 Å². The Morgan fingerprint density at radius 3 is 2.87 bits per heavy atom. The van der Waals surface area contributed by atoms with Gasteiger partial charge in [0.2, 0.25) is 0 Å². The quantitative estimate of drug-likeness (QED) is 0.749. The molecule has 1 aliphatic rings. The molecule has 0 bridgehead atoms. The van der Waals surface area contributed by atoms with Gasteiger partial charge in [0.1, 0.15) is 11.3 Å². The smallest absolute Gasteiger partial charge is 0.339 e. The van der Waals surface area contributed by atoms with Crippen molar-refractivity contribution in [2.75, 3.05) is 0 Å². The summed E-state index contributed by atoms with van der Waals surface area (Å²) in [6.07, 6.45) is 3.61. The first kappa shape index (κ1) is 9.64. The minimum absolute atomic E-state index is 0.0148. The van der Waals surface area contributed by atoms with Crippen molar-refractivity contribution in [1.29, 1.82) is 0 Å². The Bertz CT molecular complexity index is 412. The molecule has 0 amide bonds. The van der Waals surface area contributed by atoms with Gasteiger partial charge in [0.05, 0.1) is 6.10 Å². The predicted octanol–water partition coefficient (Wildman–Crippen LogP) is 1.13. The number of aldehydes is 1. The fourth-order valence-corrected chi connectivity index (χ4v) is 1.19. The summed E-state index contributed by atoms with van der Waals surface area (Å²) in [5.74, 6) is -1.03. The van der Waals surface area contributed by atoms with Crippen molar-refractivity contribution in [3.8, 4) is 5.75 Å². The summed E-state index contributed by atoms with van der Waals surface area (Å²) >= 11 is 0. The van der Waals surface area contributed by atoms with Crippen LogP contribution in [0, 0.1) is 0 Å². The Labute approximate surface area is 85.7 Å². The molecule has 15 heavy (non-hydrogen) atoms. The van der Waals surface area contributed by atoms with Gasteiger partial charge in [-0.1, -0.05) is 0 Å². The number of aromatic nitrogens is 1. The summed E-state index contributed by atoms with van der Waals surface area (Å²) in [5, 5.41) is 8.90. The number of ether oxygens (including phenoxy) is 1. The minimum atomic E-state index is -1.11. The summed E-state index contributed by atoms with van der Waals surface area (Å²) in [4.78, 5) is 25.3. The van der Waals surface area contributed by atoms with Gasteiger partial charge in [0, 0.05) is 6.20 Å². The van der Waals surface area contributed by atoms with Crippen LogP contribution < -0.4 is 4.74 Å². The third kappa shape index (κ3) is 1.96. The number of hydrogen-bond acceptors (Lipinski definition) is 4. The van der Waals surface area contributed by atoms with E-state index in [0.717, 1.165) is 12.8 Å². The van der Waals surface area contributed by atoms with Crippen molar-refractivity contribution < 1.29 is 19.4 Å². The SMILES string of the molecule is O=Cc1nccc(C(=O)O)c1OC1CC1. The Morgan fingerprint density at radius 2 is 2.33 bits per heavy atom. The molecule has 1 saturated carbocycles. The average molecular weight is 207 g/mol. The molecule has 1 heterocycles. The van der Waals surface area contributed by atoms with Gasteiger partial charge in [-0.05, 0) is 18.9 Å². The third-order valence-corrected chi connectivity index (χ3v) is 2.08. The van der Waals surface area contributed by atoms with Gasteiger partial charge in [-0.15, -0.1) is 0 Å². The minimum Gasteiger partial charge on any atom is -0.487 e. The highest BCUT2D eigenvalue weighted by Crippen LogP contribution is 2.30. The van der Waals surface area contributed by atoms with Crippen molar-refractivity contribution in [1.82, 2.24) is 4.98 Å². The van der Waals surface area contributed by atoms with Crippen LogP contribution in [-0.4, -0.2) is 28.4 Å². The molecule has 2 rings (SSSR count). The van der Waals surface area contributed by atoms with Crippen molar-refractivity contribution in [3.63, 3.8) is 0 Å². The third-order valence-electron chi connectivity index (χ3n) is 2.08. The van der Waals surface area contributed by atoms with Gasteiger partial charge in [-0.2, -0.15) is 0 Å². The number of carbonyl (C=O) groups is 2. The van der Waals surface area contributed by atoms with E-state index in [1.54, 1.807) is 0 Å². The molecule has 1 fully saturated rings. The molecule has 5 nitrogen and oxygen atoms in total. The van der Waals surface area contributed by atoms with Crippen LogP contribution in [0.4, 0.5) is 0 Å². The first-order valence-corrected chi connectivity index (χ1v) is 4.56. The maximum atomic E-state index is 10.9. The second kappa shape index (κ2) is 3.68. The van der Waals surface area contributed by atoms with Crippen molar-refractivity contribution in [2.45, 2.75) is 18.9 Å². The van der Waals surface area contributed by atoms with E-state index in [9.17, 15) is 9.59 Å². The molecule has 5 heteroatoms. The van der Waals surface area contributed by atoms with Crippen LogP contribution >= 0.6 is 0 Å². The Balaban J connectivity index is 2.42. The van der Waals surface area contributed by atoms with Crippen molar-refractivity contribution >= 4 is 12.3 Å². The first-order valence-electron chi connectivity index (χ1n) is 4.56. The summed E-state index contributed by atoms with van der Waals surface area (Å²) in [6, 6.07) is 1.33. The predicted molar refractivity (Wildman–Crippen MR) is 50.2 cm³/mol. The number of hydrogen-bond donors (Lipinski definition) is 1. The lowest BCUT2D eigenvalue weighted by Crippen LogP contribution is -2.08. The van der Waals surface area contributed by atoms with Crippen molar-refractivity contribution in [3.05, 3.63) is 23.5 Å². The van der Waals surface area contributed by atoms with Crippen LogP contribution in [0.3, 0.4) is 0 Å². The Hall–Kier alpha value is -1.91. The van der Waals surface area contributed by atoms with Gasteiger partial charge in [0.25, 0.3) is 0 Å². The molecule has 0 radical (unpaired) electrons. The molecule has 1 aromatic heterocycles. The first-order chi connectivity index (χ1) is 7.22. The standard InChI is InChI=1S/C10H9NO4/c12-5-8-9(15-6-1-2-6)7(10(13)14)3-4-11-8/h3-6H,1-2H2,(H,13,14). The number of carbonyl (C=O) groups excluding carboxylic acids is 1. The van der Waals surface area contributed by atoms with Crippen LogP contribution in [0.15, 0.2) is 12.3 Å². The maximum Gasteiger partial charge on any atom is 0.339 e. The number of pyridine rings is 1. The van der Waals surface area contributed by atoms with Gasteiger partial charge in [0.15, 0.2) is 12.0 Å². The van der Waals surface area contributed by atoms with E-state index in [-0.39, 0.29) is 23.1 Å². The average Bonchev–Trinajstić information content (AvgIpc) is 3.01. The van der Waals surface area contributed by atoms with Crippen molar-refractivity contribution in [2.24, 2.45) is 0 Å². The van der Waals surface area contributed by atoms with Gasteiger partial charge in [-0.3, -0.25) is 4.79 Å². The van der Waals surface area contributed by atoms with E-state index >= 15 is 0 Å². The second-order valence-electron chi connectivity index (χ2n) is 3.31. The number of carboxylic acids is 1. The van der Waals surface area contributed by atoms with Crippen LogP contribution in [0.25, 0.3) is 0 Å². The molecule has 0 saturated heterocycles. The Kier molecular flexibility index (Phi) is 2.37. The Morgan fingerprint density at radius 1 is 1.60 bits per heavy atom. The molecule has 0 aliphatic heterocycles. The number of rotatable bonds is 4. The van der Waals surface area contributed by atoms with E-state index in [1.807, 2.05) is 0 Å². The fourth-order valence-electron chi connectivity index (χ4n) is 1.19. The summed E-state index contributed by atoms with van der Waals surface area (Å²) in [6.45, 7) is 0. The van der Waals surface area contributed by atoms with Crippen LogP contribution in [0.5, 0.6) is 5.75 Å². The molecule has 0 unspecified atom stereocenters. The number of nitrogens with zero attached hydrogens (tertiary/aromatic N) is 1. The van der Waals surface area contributed by atoms with Crippen LogP contribution in [0.1, 0.15) is 33.7 Å². The highest BCUT2D eigenvalue weighted by atomic mass is 16.5. The van der Waals surface area contributed by atoms with Gasteiger partial charge >= 0.3 is 5.97 Å². The summed E-state index contributed by atoms with van der Waals surface area (Å²) in [7, 11) is 0. The molecular formula is C10H9NO4. The number of carboxylic acid groups (broad SMARTS) is 1. The van der Waals surface area contributed by atoms with Crippen LogP contribution in [-0.2, 0) is 0 Å². The molecule has 0 aromatic carbocycles. The normalized spacial score (nSPS) is 14.7. The zero-order valence-electron chi connectivity index (χ0n) is 7.84. The van der Waals surface area contributed by atoms with E-state index in [0.29, 0.717) is 6.29 Å². The van der Waals surface area contributed by atoms with Gasteiger partial charge < -0.3 is 9.84 Å². The molecule has 0 atom stereocenters. The zero-order chi connectivity index (χ0) is 10.8. The molecule has 1 aromatic rings. The maximum absolute atomic E-state index is 10.9. The second-order valence-corrected chi connectivity index (χ2v) is 3.31. The molecule has 0 spiro atoms. The highest BCUT2D eigenvalue weighted by molar-refractivity contribution is 5.94. The summed E-state index contributed by atoms with van der Waals surface area (Å²) < 4.78 is 5.37. The van der Waals surface area contributed by atoms with E-state index < -0.39 is 5.97 Å². The van der Waals surface area contributed by atoms with Crippen LogP contribution in [0.2, 0.25) is 0 Å². The lowest BCUT2D eigenvalue weighted by Gasteiger charge is -2.08. The highest BCUT2D eigenvalue weighted by Gasteiger charge is 2.27. The fraction of sp³-hybridized carbons (Fsp3) is 0.300.